The van der Waals surface area contributed by atoms with Gasteiger partial charge >= 0.3 is 0 Å². The van der Waals surface area contributed by atoms with Gasteiger partial charge in [0.2, 0.25) is 0 Å². The zero-order valence-corrected chi connectivity index (χ0v) is 15.2. The summed E-state index contributed by atoms with van der Waals surface area (Å²) >= 11 is -2.69. The zero-order chi connectivity index (χ0) is 19.5. The van der Waals surface area contributed by atoms with E-state index in [9.17, 15) is 34.7 Å². The van der Waals surface area contributed by atoms with Crippen molar-refractivity contribution < 1.29 is 34.7 Å². The quantitative estimate of drug-likeness (QED) is 0.362. The van der Waals surface area contributed by atoms with Gasteiger partial charge in [-0.25, -0.2) is 0 Å². The van der Waals surface area contributed by atoms with Gasteiger partial charge in [0.15, 0.2) is 0 Å². The summed E-state index contributed by atoms with van der Waals surface area (Å²) in [6, 6.07) is 8.81. The van der Waals surface area contributed by atoms with Gasteiger partial charge in [-0.05, 0) is 29.3 Å². The summed E-state index contributed by atoms with van der Waals surface area (Å²) in [6.07, 6.45) is 2.43. The van der Waals surface area contributed by atoms with Crippen molar-refractivity contribution in [2.24, 2.45) is 0 Å². The number of hydrogen-bond acceptors (Lipinski definition) is 6. The first-order chi connectivity index (χ1) is 12.0. The Kier molecular flexibility index (Phi) is 5.95. The summed E-state index contributed by atoms with van der Waals surface area (Å²) in [5.41, 5.74) is -0.0412. The van der Waals surface area contributed by atoms with Gasteiger partial charge in [-0.1, -0.05) is 36.4 Å². The Bertz CT molecular complexity index is 1090. The molecule has 9 nitrogen and oxygen atoms in total. The van der Waals surface area contributed by atoms with Crippen molar-refractivity contribution in [3.8, 4) is 0 Å². The Morgan fingerprint density at radius 2 is 1.42 bits per heavy atom. The minimum Gasteiger partial charge on any atom is -0.755 e. The first-order valence-corrected chi connectivity index (χ1v) is 10.7. The summed E-state index contributed by atoms with van der Waals surface area (Å²) < 4.78 is 87.5. The minimum atomic E-state index is -4.69. The fourth-order valence-electron chi connectivity index (χ4n) is 2.09. The molecule has 12 heteroatoms. The van der Waals surface area contributed by atoms with E-state index < -0.39 is 36.4 Å². The molecule has 0 radical (unpaired) electrons. The highest BCUT2D eigenvalue weighted by molar-refractivity contribution is 7.86. The van der Waals surface area contributed by atoms with Crippen molar-refractivity contribution in [3.05, 3.63) is 53.6 Å². The summed E-state index contributed by atoms with van der Waals surface area (Å²) in [4.78, 5) is -0.974. The molecule has 140 valence electrons. The maximum Gasteiger partial charge on any atom is 0.295 e. The highest BCUT2D eigenvalue weighted by Crippen LogP contribution is 2.24. The van der Waals surface area contributed by atoms with Crippen molar-refractivity contribution >= 4 is 49.3 Å². The monoisotopic (exact) mass is 418 g/mol. The molecule has 26 heavy (non-hydrogen) atoms. The van der Waals surface area contributed by atoms with Crippen LogP contribution >= 0.6 is 0 Å². The average Bonchev–Trinajstić information content (AvgIpc) is 2.51. The third kappa shape index (κ3) is 5.20. The summed E-state index contributed by atoms with van der Waals surface area (Å²) in [5, 5.41) is 0. The predicted molar refractivity (Wildman–Crippen MR) is 94.0 cm³/mol. The lowest BCUT2D eigenvalue weighted by Gasteiger charge is -2.11. The van der Waals surface area contributed by atoms with Crippen molar-refractivity contribution in [2.45, 2.75) is 9.79 Å². The normalized spacial score (nSPS) is 13.7. The van der Waals surface area contributed by atoms with E-state index in [2.05, 4.69) is 0 Å². The van der Waals surface area contributed by atoms with Gasteiger partial charge in [0.05, 0.1) is 0 Å². The molecule has 0 aliphatic heterocycles. The molecule has 1 atom stereocenters. The van der Waals surface area contributed by atoms with Gasteiger partial charge in [0.25, 0.3) is 20.2 Å². The van der Waals surface area contributed by atoms with Crippen molar-refractivity contribution in [2.75, 3.05) is 4.72 Å². The molecule has 3 N–H and O–H groups in total. The van der Waals surface area contributed by atoms with Crippen molar-refractivity contribution in [3.63, 3.8) is 0 Å². The number of anilines is 1. The second-order valence-electron chi connectivity index (χ2n) is 4.91. The number of rotatable bonds is 6. The molecule has 0 bridgehead atoms. The lowest BCUT2D eigenvalue weighted by Crippen LogP contribution is -2.06. The van der Waals surface area contributed by atoms with Gasteiger partial charge in [0, 0.05) is 17.0 Å². The summed E-state index contributed by atoms with van der Waals surface area (Å²) in [6.45, 7) is 0. The molecule has 0 aromatic heterocycles. The van der Waals surface area contributed by atoms with Crippen LogP contribution in [-0.2, 0) is 31.5 Å². The van der Waals surface area contributed by atoms with Crippen LogP contribution in [0.4, 0.5) is 5.69 Å². The Balaban J connectivity index is 2.54. The molecule has 2 rings (SSSR count). The average molecular weight is 418 g/mol. The van der Waals surface area contributed by atoms with Gasteiger partial charge in [0.1, 0.15) is 9.79 Å². The number of benzene rings is 2. The van der Waals surface area contributed by atoms with Gasteiger partial charge < -0.3 is 9.27 Å². The highest BCUT2D eigenvalue weighted by Gasteiger charge is 2.16. The fourth-order valence-corrected chi connectivity index (χ4v) is 3.80. The van der Waals surface area contributed by atoms with Crippen LogP contribution in [0.15, 0.2) is 52.3 Å². The molecule has 0 aliphatic carbocycles. The third-order valence-corrected chi connectivity index (χ3v) is 5.37. The van der Waals surface area contributed by atoms with Crippen LogP contribution in [0.5, 0.6) is 0 Å². The standard InChI is InChI=1S/C14H13NO8S3/c16-24(17)15-12-8-7-11(14(9-12)26(21,22)23)6-5-10-3-1-2-4-13(10)25(18,19)20/h1-9,15H,(H,16,17)(H,18,19,20)(H,21,22,23)/p-1. The van der Waals surface area contributed by atoms with E-state index in [4.69, 9.17) is 0 Å². The minimum absolute atomic E-state index is 0.0279. The molecule has 2 aromatic carbocycles. The first kappa shape index (κ1) is 20.2. The van der Waals surface area contributed by atoms with Crippen LogP contribution in [0, 0.1) is 0 Å². The largest absolute Gasteiger partial charge is 0.755 e. The molecule has 0 heterocycles. The van der Waals surface area contributed by atoms with Crippen LogP contribution in [0.25, 0.3) is 12.2 Å². The molecule has 2 aromatic rings. The molecule has 0 fully saturated rings. The second kappa shape index (κ2) is 7.65. The number of nitrogens with one attached hydrogen (secondary N) is 1. The van der Waals surface area contributed by atoms with Gasteiger partial charge in [-0.3, -0.25) is 13.3 Å². The maximum absolute atomic E-state index is 11.5. The molecule has 0 saturated carbocycles. The Morgan fingerprint density at radius 3 is 1.96 bits per heavy atom. The van der Waals surface area contributed by atoms with E-state index in [-0.39, 0.29) is 21.7 Å². The SMILES string of the molecule is O=S([O-])Nc1ccc(C=Cc2ccccc2S(=O)(=O)O)c(S(=O)(=O)O)c1. The zero-order valence-electron chi connectivity index (χ0n) is 12.8. The number of hydrogen-bond donors (Lipinski definition) is 3. The van der Waals surface area contributed by atoms with Crippen LogP contribution in [-0.4, -0.2) is 34.7 Å². The topological polar surface area (TPSA) is 161 Å². The summed E-state index contributed by atoms with van der Waals surface area (Å²) in [5.74, 6) is 0. The molecular weight excluding hydrogens is 406 g/mol. The van der Waals surface area contributed by atoms with Crippen molar-refractivity contribution in [1.82, 2.24) is 0 Å². The van der Waals surface area contributed by atoms with E-state index in [0.29, 0.717) is 0 Å². The maximum atomic E-state index is 11.5. The first-order valence-electron chi connectivity index (χ1n) is 6.70. The molecular formula is C14H12NO8S3-. The lowest BCUT2D eigenvalue weighted by molar-refractivity contribution is 0.480. The molecule has 0 spiro atoms. The Morgan fingerprint density at radius 1 is 0.885 bits per heavy atom. The predicted octanol–water partition coefficient (Wildman–Crippen LogP) is 1.56. The summed E-state index contributed by atoms with van der Waals surface area (Å²) in [7, 11) is -9.19. The second-order valence-corrected chi connectivity index (χ2v) is 8.36. The van der Waals surface area contributed by atoms with E-state index in [0.717, 1.165) is 12.1 Å². The van der Waals surface area contributed by atoms with Crippen LogP contribution in [0.2, 0.25) is 0 Å². The van der Waals surface area contributed by atoms with E-state index in [1.54, 1.807) is 0 Å². The van der Waals surface area contributed by atoms with Crippen LogP contribution in [0.1, 0.15) is 11.1 Å². The van der Waals surface area contributed by atoms with E-state index in [1.807, 2.05) is 4.72 Å². The lowest BCUT2D eigenvalue weighted by atomic mass is 10.1. The van der Waals surface area contributed by atoms with Crippen LogP contribution in [0.3, 0.4) is 0 Å². The van der Waals surface area contributed by atoms with E-state index in [1.165, 1.54) is 42.5 Å². The fraction of sp³-hybridized carbons (Fsp3) is 0. The van der Waals surface area contributed by atoms with Gasteiger partial charge in [-0.15, -0.1) is 0 Å². The molecule has 1 unspecified atom stereocenters. The molecule has 0 aliphatic rings. The van der Waals surface area contributed by atoms with E-state index >= 15 is 0 Å². The van der Waals surface area contributed by atoms with Gasteiger partial charge in [-0.2, -0.15) is 16.8 Å². The molecule has 0 saturated heterocycles. The highest BCUT2D eigenvalue weighted by atomic mass is 32.2. The molecule has 0 amide bonds. The Labute approximate surface area is 152 Å². The third-order valence-electron chi connectivity index (χ3n) is 3.13. The smallest absolute Gasteiger partial charge is 0.295 e. The Hall–Kier alpha value is -2.09. The van der Waals surface area contributed by atoms with Crippen LogP contribution < -0.4 is 4.72 Å². The van der Waals surface area contributed by atoms with Crippen molar-refractivity contribution in [1.29, 1.82) is 0 Å².